The quantitative estimate of drug-likeness (QED) is 0.654. The number of benzene rings is 2. The number of carbonyl (C=O) groups excluding carboxylic acids is 2. The average Bonchev–Trinajstić information content (AvgIpc) is 2.55. The zero-order chi connectivity index (χ0) is 17.7. The zero-order valence-corrected chi connectivity index (χ0v) is 14.3. The number of ketones is 1. The van der Waals surface area contributed by atoms with Crippen LogP contribution in [0.25, 0.3) is 0 Å². The van der Waals surface area contributed by atoms with Crippen molar-refractivity contribution in [3.8, 4) is 0 Å². The van der Waals surface area contributed by atoms with Crippen LogP contribution < -0.4 is 5.32 Å². The second-order valence-electron chi connectivity index (χ2n) is 6.08. The van der Waals surface area contributed by atoms with Gasteiger partial charge in [0, 0.05) is 28.9 Å². The molecule has 0 spiro atoms. The number of nitrogens with zero attached hydrogens (tertiary/aromatic N) is 1. The number of nitrogens with one attached hydrogen (secondary N) is 1. The lowest BCUT2D eigenvalue weighted by molar-refractivity contribution is -0.112. The zero-order valence-electron chi connectivity index (χ0n) is 14.3. The third-order valence-electron chi connectivity index (χ3n) is 3.51. The molecule has 0 aliphatic heterocycles. The summed E-state index contributed by atoms with van der Waals surface area (Å²) in [6.07, 6.45) is 0. The summed E-state index contributed by atoms with van der Waals surface area (Å²) in [7, 11) is 4.01. The van der Waals surface area contributed by atoms with Crippen LogP contribution in [0.2, 0.25) is 0 Å². The van der Waals surface area contributed by atoms with Crippen LogP contribution in [0, 0.1) is 0 Å². The standard InChI is InChI=1S/C20H22N2O2/c1-14(2)20(24)21-18-11-9-17(10-12-18)19(23)16-7-5-15(6-8-16)13-22(3)4/h5-12H,1,13H2,2-4H3,(H,21,24). The maximum absolute atomic E-state index is 12.5. The fourth-order valence-electron chi connectivity index (χ4n) is 2.24. The first-order chi connectivity index (χ1) is 11.4. The van der Waals surface area contributed by atoms with Crippen LogP contribution in [0.15, 0.2) is 60.7 Å². The lowest BCUT2D eigenvalue weighted by Crippen LogP contribution is -2.12. The lowest BCUT2D eigenvalue weighted by atomic mass is 10.0. The fourth-order valence-corrected chi connectivity index (χ4v) is 2.24. The van der Waals surface area contributed by atoms with Gasteiger partial charge in [-0.05, 0) is 50.8 Å². The molecule has 0 atom stereocenters. The third-order valence-corrected chi connectivity index (χ3v) is 3.51. The molecule has 0 saturated heterocycles. The minimum absolute atomic E-state index is 0.0378. The molecular weight excluding hydrogens is 300 g/mol. The highest BCUT2D eigenvalue weighted by Crippen LogP contribution is 2.15. The van der Waals surface area contributed by atoms with Crippen LogP contribution in [0.1, 0.15) is 28.4 Å². The molecule has 0 aliphatic rings. The Bertz CT molecular complexity index is 744. The van der Waals surface area contributed by atoms with E-state index in [1.165, 1.54) is 0 Å². The predicted octanol–water partition coefficient (Wildman–Crippen LogP) is 3.49. The van der Waals surface area contributed by atoms with Gasteiger partial charge in [0.2, 0.25) is 0 Å². The Balaban J connectivity index is 2.09. The van der Waals surface area contributed by atoms with E-state index in [1.807, 2.05) is 38.4 Å². The molecule has 0 bridgehead atoms. The van der Waals surface area contributed by atoms with E-state index in [2.05, 4.69) is 16.8 Å². The van der Waals surface area contributed by atoms with Gasteiger partial charge in [0.05, 0.1) is 0 Å². The molecule has 0 aromatic heterocycles. The van der Waals surface area contributed by atoms with E-state index >= 15 is 0 Å². The summed E-state index contributed by atoms with van der Waals surface area (Å²) < 4.78 is 0. The number of carbonyl (C=O) groups is 2. The lowest BCUT2D eigenvalue weighted by Gasteiger charge is -2.10. The Labute approximate surface area is 142 Å². The highest BCUT2D eigenvalue weighted by molar-refractivity contribution is 6.09. The van der Waals surface area contributed by atoms with Crippen LogP contribution in [0.4, 0.5) is 5.69 Å². The van der Waals surface area contributed by atoms with E-state index in [0.717, 1.165) is 12.1 Å². The molecule has 0 fully saturated rings. The maximum Gasteiger partial charge on any atom is 0.250 e. The van der Waals surface area contributed by atoms with Crippen molar-refractivity contribution >= 4 is 17.4 Å². The molecule has 0 radical (unpaired) electrons. The molecule has 24 heavy (non-hydrogen) atoms. The molecule has 4 nitrogen and oxygen atoms in total. The third kappa shape index (κ3) is 4.64. The molecule has 124 valence electrons. The highest BCUT2D eigenvalue weighted by atomic mass is 16.1. The number of amides is 1. The summed E-state index contributed by atoms with van der Waals surface area (Å²) in [5, 5.41) is 2.72. The van der Waals surface area contributed by atoms with Gasteiger partial charge in [-0.15, -0.1) is 0 Å². The molecule has 2 aromatic carbocycles. The van der Waals surface area contributed by atoms with Gasteiger partial charge in [0.15, 0.2) is 5.78 Å². The summed E-state index contributed by atoms with van der Waals surface area (Å²) in [4.78, 5) is 26.2. The number of anilines is 1. The Morgan fingerprint density at radius 2 is 1.46 bits per heavy atom. The molecule has 1 amide bonds. The van der Waals surface area contributed by atoms with Crippen molar-refractivity contribution < 1.29 is 9.59 Å². The smallest absolute Gasteiger partial charge is 0.250 e. The van der Waals surface area contributed by atoms with E-state index in [-0.39, 0.29) is 11.7 Å². The van der Waals surface area contributed by atoms with E-state index in [0.29, 0.717) is 22.4 Å². The number of hydrogen-bond acceptors (Lipinski definition) is 3. The summed E-state index contributed by atoms with van der Waals surface area (Å²) >= 11 is 0. The van der Waals surface area contributed by atoms with Gasteiger partial charge in [-0.3, -0.25) is 9.59 Å². The van der Waals surface area contributed by atoms with E-state index in [1.54, 1.807) is 31.2 Å². The normalized spacial score (nSPS) is 10.5. The molecule has 4 heteroatoms. The van der Waals surface area contributed by atoms with Crippen molar-refractivity contribution in [2.45, 2.75) is 13.5 Å². The molecule has 1 N–H and O–H groups in total. The molecule has 0 unspecified atom stereocenters. The topological polar surface area (TPSA) is 49.4 Å². The van der Waals surface area contributed by atoms with Crippen molar-refractivity contribution in [1.82, 2.24) is 4.90 Å². The van der Waals surface area contributed by atoms with Gasteiger partial charge in [-0.1, -0.05) is 30.8 Å². The summed E-state index contributed by atoms with van der Waals surface area (Å²) in [5.74, 6) is -0.269. The molecule has 0 aliphatic carbocycles. The van der Waals surface area contributed by atoms with Gasteiger partial charge < -0.3 is 10.2 Å². The van der Waals surface area contributed by atoms with Crippen molar-refractivity contribution in [3.05, 3.63) is 77.4 Å². The summed E-state index contributed by atoms with van der Waals surface area (Å²) in [6.45, 7) is 6.08. The summed E-state index contributed by atoms with van der Waals surface area (Å²) in [6, 6.07) is 14.5. The van der Waals surface area contributed by atoms with Gasteiger partial charge in [0.25, 0.3) is 5.91 Å². The second-order valence-corrected chi connectivity index (χ2v) is 6.08. The van der Waals surface area contributed by atoms with Gasteiger partial charge in [0.1, 0.15) is 0 Å². The molecule has 0 heterocycles. The van der Waals surface area contributed by atoms with Crippen molar-refractivity contribution in [2.24, 2.45) is 0 Å². The van der Waals surface area contributed by atoms with Crippen LogP contribution in [-0.2, 0) is 11.3 Å². The molecule has 2 rings (SSSR count). The fraction of sp³-hybridized carbons (Fsp3) is 0.200. The number of hydrogen-bond donors (Lipinski definition) is 1. The first kappa shape index (κ1) is 17.6. The summed E-state index contributed by atoms with van der Waals surface area (Å²) in [5.41, 5.74) is 3.48. The van der Waals surface area contributed by atoms with E-state index < -0.39 is 0 Å². The largest absolute Gasteiger partial charge is 0.322 e. The van der Waals surface area contributed by atoms with Gasteiger partial charge in [-0.25, -0.2) is 0 Å². The Kier molecular flexibility index (Phi) is 5.66. The van der Waals surface area contributed by atoms with Crippen molar-refractivity contribution in [1.29, 1.82) is 0 Å². The van der Waals surface area contributed by atoms with Gasteiger partial charge >= 0.3 is 0 Å². The average molecular weight is 322 g/mol. The highest BCUT2D eigenvalue weighted by Gasteiger charge is 2.10. The molecule has 0 saturated carbocycles. The SMILES string of the molecule is C=C(C)C(=O)Nc1ccc(C(=O)c2ccc(CN(C)C)cc2)cc1. The Morgan fingerprint density at radius 3 is 1.92 bits per heavy atom. The first-order valence-corrected chi connectivity index (χ1v) is 7.72. The van der Waals surface area contributed by atoms with Crippen LogP contribution >= 0.6 is 0 Å². The van der Waals surface area contributed by atoms with Crippen LogP contribution in [0.3, 0.4) is 0 Å². The first-order valence-electron chi connectivity index (χ1n) is 7.72. The van der Waals surface area contributed by atoms with Gasteiger partial charge in [-0.2, -0.15) is 0 Å². The number of rotatable bonds is 6. The molecule has 2 aromatic rings. The Hall–Kier alpha value is -2.72. The maximum atomic E-state index is 12.5. The predicted molar refractivity (Wildman–Crippen MR) is 97.2 cm³/mol. The van der Waals surface area contributed by atoms with E-state index in [9.17, 15) is 9.59 Å². The van der Waals surface area contributed by atoms with Crippen molar-refractivity contribution in [3.63, 3.8) is 0 Å². The monoisotopic (exact) mass is 322 g/mol. The Morgan fingerprint density at radius 1 is 0.958 bits per heavy atom. The molecular formula is C20H22N2O2. The minimum atomic E-state index is -0.231. The van der Waals surface area contributed by atoms with E-state index in [4.69, 9.17) is 0 Å². The second kappa shape index (κ2) is 7.70. The van der Waals surface area contributed by atoms with Crippen LogP contribution in [0.5, 0.6) is 0 Å². The van der Waals surface area contributed by atoms with Crippen LogP contribution in [-0.4, -0.2) is 30.7 Å². The minimum Gasteiger partial charge on any atom is -0.322 e. The van der Waals surface area contributed by atoms with Crippen molar-refractivity contribution in [2.75, 3.05) is 19.4 Å².